The maximum absolute atomic E-state index is 11.8. The number of esters is 1. The molecule has 0 aliphatic carbocycles. The zero-order valence-electron chi connectivity index (χ0n) is 16.4. The Morgan fingerprint density at radius 1 is 0.846 bits per heavy atom. The van der Waals surface area contributed by atoms with Gasteiger partial charge in [-0.05, 0) is 37.1 Å². The van der Waals surface area contributed by atoms with Crippen LogP contribution in [0.3, 0.4) is 0 Å². The molecule has 1 N–H and O–H groups in total. The molecule has 1 rings (SSSR count). The van der Waals surface area contributed by atoms with Crippen LogP contribution in [0.4, 0.5) is 0 Å². The lowest BCUT2D eigenvalue weighted by Crippen LogP contribution is -2.04. The average molecular weight is 361 g/mol. The number of hydrogen-bond acceptors (Lipinski definition) is 3. The minimum Gasteiger partial charge on any atom is -0.508 e. The van der Waals surface area contributed by atoms with Crippen LogP contribution in [0.2, 0.25) is 0 Å². The van der Waals surface area contributed by atoms with Crippen LogP contribution in [-0.2, 0) is 4.74 Å². The Hall–Kier alpha value is -1.77. The van der Waals surface area contributed by atoms with E-state index in [-0.39, 0.29) is 11.7 Å². The van der Waals surface area contributed by atoms with Gasteiger partial charge in [-0.3, -0.25) is 0 Å². The molecular formula is C23H36O3. The van der Waals surface area contributed by atoms with Crippen molar-refractivity contribution in [2.75, 3.05) is 6.61 Å². The predicted octanol–water partition coefficient (Wildman–Crippen LogP) is 6.81. The van der Waals surface area contributed by atoms with Crippen LogP contribution in [-0.4, -0.2) is 17.7 Å². The summed E-state index contributed by atoms with van der Waals surface area (Å²) in [7, 11) is 0. The molecule has 0 saturated carbocycles. The van der Waals surface area contributed by atoms with Crippen molar-refractivity contribution in [2.45, 2.75) is 84.0 Å². The summed E-state index contributed by atoms with van der Waals surface area (Å²) >= 11 is 0. The lowest BCUT2D eigenvalue weighted by molar-refractivity contribution is 0.0549. The maximum atomic E-state index is 11.8. The van der Waals surface area contributed by atoms with Crippen LogP contribution in [0.5, 0.6) is 5.75 Å². The Kier molecular flexibility index (Phi) is 13.3. The first-order valence-electron chi connectivity index (χ1n) is 10.3. The van der Waals surface area contributed by atoms with Crippen molar-refractivity contribution in [2.24, 2.45) is 0 Å². The molecule has 0 bridgehead atoms. The van der Waals surface area contributed by atoms with Gasteiger partial charge < -0.3 is 9.84 Å². The van der Waals surface area contributed by atoms with Crippen LogP contribution < -0.4 is 0 Å². The number of allylic oxidation sites excluding steroid dienone is 1. The second kappa shape index (κ2) is 15.5. The molecule has 0 unspecified atom stereocenters. The molecule has 3 heteroatoms. The van der Waals surface area contributed by atoms with Crippen LogP contribution in [0, 0.1) is 0 Å². The fourth-order valence-electron chi connectivity index (χ4n) is 2.92. The van der Waals surface area contributed by atoms with E-state index in [0.29, 0.717) is 12.2 Å². The first kappa shape index (κ1) is 22.3. The van der Waals surface area contributed by atoms with E-state index < -0.39 is 0 Å². The number of phenolic OH excluding ortho intramolecular Hbond substituents is 1. The molecule has 0 heterocycles. The summed E-state index contributed by atoms with van der Waals surface area (Å²) in [6.45, 7) is 2.57. The van der Waals surface area contributed by atoms with Gasteiger partial charge >= 0.3 is 5.97 Å². The number of carbonyl (C=O) groups is 1. The average Bonchev–Trinajstić information content (AvgIpc) is 2.65. The standard InChI is InChI=1S/C23H36O3/c1-2-3-4-5-6-7-8-9-10-11-12-13-14-15-20-26-23(25)21-16-18-22(24)19-17-21/h14-19,24H,2-13,20H2,1H3/b15-14+. The van der Waals surface area contributed by atoms with Gasteiger partial charge in [0.25, 0.3) is 0 Å². The van der Waals surface area contributed by atoms with Crippen LogP contribution in [0.25, 0.3) is 0 Å². The van der Waals surface area contributed by atoms with E-state index in [0.717, 1.165) is 6.42 Å². The first-order chi connectivity index (χ1) is 12.7. The third-order valence-electron chi connectivity index (χ3n) is 4.55. The third kappa shape index (κ3) is 11.7. The molecule has 0 aliphatic heterocycles. The van der Waals surface area contributed by atoms with Crippen molar-refractivity contribution in [3.8, 4) is 5.75 Å². The van der Waals surface area contributed by atoms with Gasteiger partial charge in [-0.2, -0.15) is 0 Å². The van der Waals surface area contributed by atoms with Gasteiger partial charge in [-0.25, -0.2) is 4.79 Å². The van der Waals surface area contributed by atoms with E-state index >= 15 is 0 Å². The predicted molar refractivity (Wildman–Crippen MR) is 109 cm³/mol. The number of phenols is 1. The van der Waals surface area contributed by atoms with Gasteiger partial charge in [0.05, 0.1) is 5.56 Å². The Bertz CT molecular complexity index is 491. The summed E-state index contributed by atoms with van der Waals surface area (Å²) in [5.74, 6) is -0.210. The van der Waals surface area contributed by atoms with Crippen LogP contribution in [0.1, 0.15) is 94.3 Å². The smallest absolute Gasteiger partial charge is 0.338 e. The molecule has 0 amide bonds. The van der Waals surface area contributed by atoms with Gasteiger partial charge in [0.15, 0.2) is 0 Å². The van der Waals surface area contributed by atoms with Crippen molar-refractivity contribution >= 4 is 5.97 Å². The highest BCUT2D eigenvalue weighted by atomic mass is 16.5. The number of rotatable bonds is 15. The largest absolute Gasteiger partial charge is 0.508 e. The molecule has 0 radical (unpaired) electrons. The lowest BCUT2D eigenvalue weighted by Gasteiger charge is -2.02. The number of benzene rings is 1. The van der Waals surface area contributed by atoms with E-state index in [1.54, 1.807) is 12.1 Å². The summed E-state index contributed by atoms with van der Waals surface area (Å²) in [4.78, 5) is 11.8. The molecular weight excluding hydrogens is 324 g/mol. The Morgan fingerprint density at radius 3 is 1.96 bits per heavy atom. The SMILES string of the molecule is CCCCCCCCCCCCC/C=C/COC(=O)c1ccc(O)cc1. The monoisotopic (exact) mass is 360 g/mol. The van der Waals surface area contributed by atoms with Crippen molar-refractivity contribution in [1.82, 2.24) is 0 Å². The van der Waals surface area contributed by atoms with Gasteiger partial charge in [-0.1, -0.05) is 83.3 Å². The number of aromatic hydroxyl groups is 1. The van der Waals surface area contributed by atoms with Gasteiger partial charge in [0.2, 0.25) is 0 Å². The van der Waals surface area contributed by atoms with Crippen molar-refractivity contribution in [3.05, 3.63) is 42.0 Å². The third-order valence-corrected chi connectivity index (χ3v) is 4.55. The van der Waals surface area contributed by atoms with Crippen LogP contribution in [0.15, 0.2) is 36.4 Å². The van der Waals surface area contributed by atoms with Gasteiger partial charge in [0.1, 0.15) is 12.4 Å². The highest BCUT2D eigenvalue weighted by Gasteiger charge is 2.05. The fraction of sp³-hybridized carbons (Fsp3) is 0.609. The molecule has 0 atom stereocenters. The summed E-state index contributed by atoms with van der Waals surface area (Å²) in [5, 5.41) is 9.19. The minimum atomic E-state index is -0.357. The number of unbranched alkanes of at least 4 members (excludes halogenated alkanes) is 11. The van der Waals surface area contributed by atoms with Gasteiger partial charge in [0, 0.05) is 0 Å². The minimum absolute atomic E-state index is 0.147. The molecule has 26 heavy (non-hydrogen) atoms. The topological polar surface area (TPSA) is 46.5 Å². The number of hydrogen-bond donors (Lipinski definition) is 1. The quantitative estimate of drug-likeness (QED) is 0.212. The normalized spacial score (nSPS) is 11.1. The van der Waals surface area contributed by atoms with E-state index in [2.05, 4.69) is 13.0 Å². The Balaban J connectivity index is 1.89. The van der Waals surface area contributed by atoms with Crippen molar-refractivity contribution < 1.29 is 14.6 Å². The highest BCUT2D eigenvalue weighted by Crippen LogP contribution is 2.12. The summed E-state index contributed by atoms with van der Waals surface area (Å²) in [5.41, 5.74) is 0.460. The Labute approximate surface area is 159 Å². The number of carbonyl (C=O) groups excluding carboxylic acids is 1. The van der Waals surface area contributed by atoms with Gasteiger partial charge in [-0.15, -0.1) is 0 Å². The summed E-state index contributed by atoms with van der Waals surface area (Å²) < 4.78 is 5.17. The summed E-state index contributed by atoms with van der Waals surface area (Å²) in [6.07, 6.45) is 20.0. The first-order valence-corrected chi connectivity index (χ1v) is 10.3. The van der Waals surface area contributed by atoms with Crippen molar-refractivity contribution in [3.63, 3.8) is 0 Å². The molecule has 146 valence electrons. The van der Waals surface area contributed by atoms with E-state index in [1.165, 1.54) is 82.8 Å². The second-order valence-electron chi connectivity index (χ2n) is 6.94. The second-order valence-corrected chi connectivity index (χ2v) is 6.94. The van der Waals surface area contributed by atoms with E-state index in [1.807, 2.05) is 6.08 Å². The molecule has 0 fully saturated rings. The molecule has 0 saturated heterocycles. The molecule has 0 spiro atoms. The zero-order chi connectivity index (χ0) is 18.9. The number of ether oxygens (including phenoxy) is 1. The van der Waals surface area contributed by atoms with Crippen LogP contribution >= 0.6 is 0 Å². The molecule has 3 nitrogen and oxygen atoms in total. The highest BCUT2D eigenvalue weighted by molar-refractivity contribution is 5.89. The Morgan fingerprint density at radius 2 is 1.38 bits per heavy atom. The maximum Gasteiger partial charge on any atom is 0.338 e. The molecule has 1 aromatic rings. The van der Waals surface area contributed by atoms with E-state index in [9.17, 15) is 9.90 Å². The summed E-state index contributed by atoms with van der Waals surface area (Å²) in [6, 6.07) is 6.09. The molecule has 1 aromatic carbocycles. The molecule has 0 aromatic heterocycles. The molecule has 0 aliphatic rings. The van der Waals surface area contributed by atoms with Crippen molar-refractivity contribution in [1.29, 1.82) is 0 Å². The fourth-order valence-corrected chi connectivity index (χ4v) is 2.92. The lowest BCUT2D eigenvalue weighted by atomic mass is 10.1. The van der Waals surface area contributed by atoms with E-state index in [4.69, 9.17) is 4.74 Å². The zero-order valence-corrected chi connectivity index (χ0v) is 16.4.